The van der Waals surface area contributed by atoms with E-state index in [4.69, 9.17) is 41.7 Å². The Kier molecular flexibility index (Phi) is 22.7. The second-order valence-corrected chi connectivity index (χ2v) is 44.8. The van der Waals surface area contributed by atoms with Crippen LogP contribution in [0.5, 0.6) is 0 Å². The molecule has 0 aromatic heterocycles. The van der Waals surface area contributed by atoms with Gasteiger partial charge < -0.3 is 41.7 Å². The van der Waals surface area contributed by atoms with E-state index in [1.807, 2.05) is 19.1 Å². The van der Waals surface area contributed by atoms with Crippen LogP contribution in [0, 0.1) is 17.8 Å². The van der Waals surface area contributed by atoms with E-state index in [1.165, 1.54) is 6.08 Å². The SMILES string of the molecule is C=C1CC2CCC(=O)/C=C/C(O[Si](C)(C)C(C)(C)C)C3OC(CCC=CC(=O)OC4C(CC5OC(CCC1O2)CC(C)C5=C)OC1CC(P=O)C(CCP=O)OC1C4C)C(C)C(O[Si](C)(C)C(C)(C)C)C3O[Si](C)(C)C(C)(C)C. The van der Waals surface area contributed by atoms with E-state index in [0.717, 1.165) is 30.4 Å². The van der Waals surface area contributed by atoms with Crippen LogP contribution in [0.1, 0.15) is 154 Å². The van der Waals surface area contributed by atoms with Crippen molar-refractivity contribution in [1.29, 1.82) is 0 Å². The van der Waals surface area contributed by atoms with Gasteiger partial charge in [0.2, 0.25) is 0 Å². The number of hydrogen-bond acceptors (Lipinski definition) is 13. The zero-order valence-electron chi connectivity index (χ0n) is 51.8. The lowest BCUT2D eigenvalue weighted by Gasteiger charge is -2.54. The highest BCUT2D eigenvalue weighted by Gasteiger charge is 2.56. The molecular weight excluding hydrogens is 1090 g/mol. The molecule has 0 aromatic carbocycles. The van der Waals surface area contributed by atoms with Gasteiger partial charge in [0.05, 0.1) is 78.9 Å². The minimum absolute atomic E-state index is 0.00203. The highest BCUT2D eigenvalue weighted by molar-refractivity contribution is 7.25. The van der Waals surface area contributed by atoms with E-state index in [2.05, 4.69) is 129 Å². The first-order chi connectivity index (χ1) is 36.6. The Bertz CT molecular complexity index is 2200. The van der Waals surface area contributed by atoms with Gasteiger partial charge >= 0.3 is 5.97 Å². The largest absolute Gasteiger partial charge is 0.456 e. The van der Waals surface area contributed by atoms with Crippen LogP contribution in [0.25, 0.3) is 0 Å². The molecule has 0 radical (unpaired) electrons. The Labute approximate surface area is 483 Å². The number of ether oxygens (including phenoxy) is 6. The molecule has 5 saturated heterocycles. The smallest absolute Gasteiger partial charge is 0.330 e. The van der Waals surface area contributed by atoms with Crippen LogP contribution in [-0.2, 0) is 60.4 Å². The molecule has 18 unspecified atom stereocenters. The summed E-state index contributed by atoms with van der Waals surface area (Å²) in [5.74, 6) is -0.705. The zero-order valence-corrected chi connectivity index (χ0v) is 56.6. The predicted molar refractivity (Wildman–Crippen MR) is 323 cm³/mol. The first-order valence-corrected chi connectivity index (χ1v) is 40.5. The van der Waals surface area contributed by atoms with Gasteiger partial charge in [0, 0.05) is 36.9 Å². The van der Waals surface area contributed by atoms with Crippen molar-refractivity contribution in [3.05, 3.63) is 48.6 Å². The first kappa shape index (κ1) is 66.8. The summed E-state index contributed by atoms with van der Waals surface area (Å²) in [6.45, 7) is 49.4. The summed E-state index contributed by atoms with van der Waals surface area (Å²) >= 11 is 0. The average molecular weight is 1190 g/mol. The van der Waals surface area contributed by atoms with Gasteiger partial charge in [-0.3, -0.25) is 13.9 Å². The molecule has 0 spiro atoms. The van der Waals surface area contributed by atoms with Crippen molar-refractivity contribution in [2.45, 2.75) is 299 Å². The number of carbonyl (C=O) groups excluding carboxylic acids is 2. The van der Waals surface area contributed by atoms with Gasteiger partial charge in [-0.25, -0.2) is 4.79 Å². The van der Waals surface area contributed by atoms with Crippen LogP contribution in [-0.4, -0.2) is 134 Å². The summed E-state index contributed by atoms with van der Waals surface area (Å²) in [6.07, 6.45) is 8.22. The molecule has 13 nitrogen and oxygen atoms in total. The van der Waals surface area contributed by atoms with Crippen LogP contribution >= 0.6 is 16.9 Å². The highest BCUT2D eigenvalue weighted by Crippen LogP contribution is 2.48. The number of rotatable bonds is 10. The molecule has 6 rings (SSSR count). The summed E-state index contributed by atoms with van der Waals surface area (Å²) in [4.78, 5) is 28.5. The lowest BCUT2D eigenvalue weighted by Crippen LogP contribution is -2.65. The van der Waals surface area contributed by atoms with Gasteiger partial charge in [-0.15, -0.1) is 0 Å². The number of hydrogen-bond donors (Lipinski definition) is 0. The van der Waals surface area contributed by atoms with E-state index >= 15 is 0 Å². The quantitative estimate of drug-likeness (QED) is 0.0884. The Morgan fingerprint density at radius 2 is 1.24 bits per heavy atom. The summed E-state index contributed by atoms with van der Waals surface area (Å²) < 4.78 is 88.1. The van der Waals surface area contributed by atoms with Gasteiger partial charge in [-0.1, -0.05) is 108 Å². The fraction of sp³-hybridized carbons (Fsp3) is 0.836. The summed E-state index contributed by atoms with van der Waals surface area (Å²) in [5.41, 5.74) is 1.70. The van der Waals surface area contributed by atoms with E-state index in [-0.39, 0.29) is 104 Å². The molecule has 0 saturated carbocycles. The normalized spacial score (nSPS) is 38.1. The fourth-order valence-electron chi connectivity index (χ4n) is 11.6. The minimum atomic E-state index is -2.53. The van der Waals surface area contributed by atoms with Gasteiger partial charge in [0.15, 0.2) is 47.7 Å². The van der Waals surface area contributed by atoms with Crippen molar-refractivity contribution < 1.29 is 60.4 Å². The number of ketones is 1. The van der Waals surface area contributed by atoms with Gasteiger partial charge in [0.25, 0.3) is 0 Å². The predicted octanol–water partition coefficient (Wildman–Crippen LogP) is 14.9. The van der Waals surface area contributed by atoms with Crippen molar-refractivity contribution in [2.24, 2.45) is 17.8 Å². The molecule has 0 aromatic rings. The molecule has 79 heavy (non-hydrogen) atoms. The van der Waals surface area contributed by atoms with Crippen molar-refractivity contribution in [2.75, 3.05) is 6.16 Å². The van der Waals surface area contributed by atoms with Crippen LogP contribution in [0.4, 0.5) is 0 Å². The van der Waals surface area contributed by atoms with Crippen LogP contribution in [0.15, 0.2) is 48.6 Å². The first-order valence-electron chi connectivity index (χ1n) is 29.9. The van der Waals surface area contributed by atoms with Crippen LogP contribution in [0.3, 0.4) is 0 Å². The topological polar surface area (TPSA) is 151 Å². The molecule has 0 N–H and O–H groups in total. The van der Waals surface area contributed by atoms with Gasteiger partial charge in [0.1, 0.15) is 12.2 Å². The third-order valence-electron chi connectivity index (χ3n) is 19.9. The summed E-state index contributed by atoms with van der Waals surface area (Å²) in [7, 11) is -7.52. The van der Waals surface area contributed by atoms with Crippen molar-refractivity contribution in [3.8, 4) is 0 Å². The number of esters is 1. The highest BCUT2D eigenvalue weighted by atomic mass is 31.1. The molecule has 0 aliphatic carbocycles. The van der Waals surface area contributed by atoms with Gasteiger partial charge in [-0.2, -0.15) is 0 Å². The maximum absolute atomic E-state index is 14.3. The molecule has 6 bridgehead atoms. The molecule has 18 heteroatoms. The maximum Gasteiger partial charge on any atom is 0.330 e. The minimum Gasteiger partial charge on any atom is -0.456 e. The van der Waals surface area contributed by atoms with Crippen LogP contribution < -0.4 is 0 Å². The van der Waals surface area contributed by atoms with Crippen molar-refractivity contribution >= 4 is 53.6 Å². The molecule has 6 aliphatic heterocycles. The molecule has 6 aliphatic rings. The van der Waals surface area contributed by atoms with E-state index in [9.17, 15) is 18.7 Å². The summed E-state index contributed by atoms with van der Waals surface area (Å²) in [5, 5.41) is -0.382. The maximum atomic E-state index is 14.3. The molecule has 18 atom stereocenters. The van der Waals surface area contributed by atoms with E-state index in [1.54, 1.807) is 6.08 Å². The third kappa shape index (κ3) is 16.5. The van der Waals surface area contributed by atoms with E-state index in [0.29, 0.717) is 57.5 Å². The van der Waals surface area contributed by atoms with Crippen LogP contribution in [0.2, 0.25) is 54.4 Å². The standard InChI is InChI=1S/C61H104O13P2Si3/c1-37-33-44-28-30-45-38(2)34-43(66-45)27-25-42(62)26-29-48(72-77(15,16)59(6,7)8)57-58(74-79(19,20)61(12,13)14)56(73-78(17,18)60(9,10)11)40(4)46(69-57)23-21-22-24-53(63)71-55-41(5)54-51(68-50(55)35-49(67-44)39(37)3)36-52(76-65)47(70-54)31-32-75-64/h22,24,26,29,37,40-41,43-52,54-58H,2-3,21,23,25,27-28,30-36H2,1,4-20H3/b24-22?,29-26+. The fourth-order valence-corrected chi connectivity index (χ4v) is 16.6. The van der Waals surface area contributed by atoms with Crippen molar-refractivity contribution in [1.82, 2.24) is 0 Å². The second-order valence-electron chi connectivity index (χ2n) is 28.9. The zero-order chi connectivity index (χ0) is 58.8. The monoisotopic (exact) mass is 1190 g/mol. The molecule has 6 heterocycles. The number of carbonyl (C=O) groups is 2. The molecule has 0 amide bonds. The lowest BCUT2D eigenvalue weighted by atomic mass is 9.79. The molecule has 448 valence electrons. The van der Waals surface area contributed by atoms with Crippen molar-refractivity contribution in [3.63, 3.8) is 0 Å². The van der Waals surface area contributed by atoms with E-state index < -0.39 is 73.6 Å². The molecule has 5 fully saturated rings. The Morgan fingerprint density at radius 1 is 0.633 bits per heavy atom. The number of allylic oxidation sites excluding steroid dienone is 2. The summed E-state index contributed by atoms with van der Waals surface area (Å²) in [6, 6.07) is 0. The Morgan fingerprint density at radius 3 is 1.86 bits per heavy atom. The average Bonchev–Trinajstić information content (AvgIpc) is 3.74. The third-order valence-corrected chi connectivity index (χ3v) is 34.6. The Balaban J connectivity index is 1.40. The van der Waals surface area contributed by atoms with Gasteiger partial charge in [-0.05, 0) is 135 Å². The lowest BCUT2D eigenvalue weighted by molar-refractivity contribution is -0.252. The second kappa shape index (κ2) is 26.9. The Hall–Kier alpha value is -1.37. The number of fused-ring (bicyclic) bond motifs is 8. The molecular formula is C61H104O13P2Si3.